The average molecular weight is 470 g/mol. The minimum atomic E-state index is -0.589. The largest absolute Gasteiger partial charge is 0.506 e. The number of ether oxygens (including phenoxy) is 1. The van der Waals surface area contributed by atoms with Crippen LogP contribution in [0.1, 0.15) is 29.8 Å². The summed E-state index contributed by atoms with van der Waals surface area (Å²) < 4.78 is 5.92. The fourth-order valence-corrected chi connectivity index (χ4v) is 3.61. The van der Waals surface area contributed by atoms with Crippen LogP contribution in [-0.2, 0) is 0 Å². The van der Waals surface area contributed by atoms with Crippen molar-refractivity contribution in [1.29, 1.82) is 0 Å². The third kappa shape index (κ3) is 6.44. The number of carbonyl (C=O) groups excluding carboxylic acids is 1. The van der Waals surface area contributed by atoms with E-state index in [2.05, 4.69) is 29.3 Å². The lowest BCUT2D eigenvalue weighted by Crippen LogP contribution is -2.35. The van der Waals surface area contributed by atoms with Gasteiger partial charge in [-0.05, 0) is 48.8 Å². The highest BCUT2D eigenvalue weighted by atomic mass is 35.5. The number of aliphatic hydroxyl groups is 1. The smallest absolute Gasteiger partial charge is 0.271 e. The first kappa shape index (κ1) is 24.5. The summed E-state index contributed by atoms with van der Waals surface area (Å²) in [6, 6.07) is 15.6. The molecule has 0 heterocycles. The van der Waals surface area contributed by atoms with Gasteiger partial charge in [-0.15, -0.1) is 0 Å². The summed E-state index contributed by atoms with van der Waals surface area (Å²) in [5.74, 6) is 0.134. The van der Waals surface area contributed by atoms with Gasteiger partial charge < -0.3 is 19.8 Å². The number of likely N-dealkylation sites (N-methyl/N-ethyl adjacent to an activating group) is 1. The van der Waals surface area contributed by atoms with Gasteiger partial charge in [-0.1, -0.05) is 49.7 Å². The Kier molecular flexibility index (Phi) is 8.65. The van der Waals surface area contributed by atoms with E-state index in [0.717, 1.165) is 29.4 Å². The molecular formula is C25H28ClN3O4. The van der Waals surface area contributed by atoms with Crippen molar-refractivity contribution in [2.45, 2.75) is 20.0 Å². The van der Waals surface area contributed by atoms with E-state index in [1.54, 1.807) is 6.21 Å². The Balaban J connectivity index is 1.70. The van der Waals surface area contributed by atoms with E-state index >= 15 is 0 Å². The first-order valence-corrected chi connectivity index (χ1v) is 11.2. The summed E-state index contributed by atoms with van der Waals surface area (Å²) in [4.78, 5) is 14.4. The summed E-state index contributed by atoms with van der Waals surface area (Å²) in [6.07, 6.45) is 0.967. The number of hydrogen-bond acceptors (Lipinski definition) is 6. The maximum Gasteiger partial charge on any atom is 0.271 e. The van der Waals surface area contributed by atoms with E-state index in [4.69, 9.17) is 16.3 Å². The Hall–Kier alpha value is -3.13. The molecule has 0 radical (unpaired) electrons. The molecule has 8 heteroatoms. The molecule has 3 N–H and O–H groups in total. The number of hydrogen-bond donors (Lipinski definition) is 3. The molecule has 0 fully saturated rings. The number of phenolic OH excluding ortho intramolecular Hbond substituents is 1. The van der Waals surface area contributed by atoms with Crippen LogP contribution < -0.4 is 10.2 Å². The molecule has 0 aliphatic rings. The molecular weight excluding hydrogens is 442 g/mol. The molecule has 3 aromatic carbocycles. The molecule has 0 aliphatic carbocycles. The first-order chi connectivity index (χ1) is 15.9. The minimum absolute atomic E-state index is 0.0916. The van der Waals surface area contributed by atoms with Gasteiger partial charge in [0, 0.05) is 23.1 Å². The second-order valence-corrected chi connectivity index (χ2v) is 7.92. The van der Waals surface area contributed by atoms with Crippen LogP contribution in [0.15, 0.2) is 59.7 Å². The van der Waals surface area contributed by atoms with Crippen LogP contribution in [0.25, 0.3) is 10.8 Å². The minimum Gasteiger partial charge on any atom is -0.506 e. The van der Waals surface area contributed by atoms with Crippen LogP contribution in [0.3, 0.4) is 0 Å². The summed E-state index contributed by atoms with van der Waals surface area (Å²) in [5.41, 5.74) is 3.55. The van der Waals surface area contributed by atoms with Crippen LogP contribution in [0.5, 0.6) is 11.5 Å². The number of nitrogens with zero attached hydrogens (tertiary/aromatic N) is 2. The Morgan fingerprint density at radius 2 is 1.88 bits per heavy atom. The van der Waals surface area contributed by atoms with Gasteiger partial charge in [0.15, 0.2) is 0 Å². The van der Waals surface area contributed by atoms with Crippen LogP contribution >= 0.6 is 11.6 Å². The van der Waals surface area contributed by atoms with Crippen molar-refractivity contribution in [2.75, 3.05) is 26.2 Å². The van der Waals surface area contributed by atoms with Gasteiger partial charge >= 0.3 is 0 Å². The highest BCUT2D eigenvalue weighted by Crippen LogP contribution is 2.28. The molecule has 0 saturated heterocycles. The Morgan fingerprint density at radius 1 is 1.15 bits per heavy atom. The number of aromatic hydroxyl groups is 1. The number of fused-ring (bicyclic) bond motifs is 1. The van der Waals surface area contributed by atoms with E-state index in [0.29, 0.717) is 12.3 Å². The van der Waals surface area contributed by atoms with Gasteiger partial charge in [-0.2, -0.15) is 5.10 Å². The number of hydrazone groups is 1. The standard InChI is InChI=1S/C25H28ClN3O4/c1-3-29(4-2)15-19(30)16-33-24-12-10-18(20-7-5-6-8-21(20)24)14-27-28-25(32)17-9-11-23(31)22(26)13-17/h5-14,19,30-31H,3-4,15-16H2,1-2H3,(H,28,32)/b27-14+. The summed E-state index contributed by atoms with van der Waals surface area (Å²) >= 11 is 5.85. The zero-order valence-electron chi connectivity index (χ0n) is 18.7. The van der Waals surface area contributed by atoms with Gasteiger partial charge in [0.05, 0.1) is 11.2 Å². The van der Waals surface area contributed by atoms with Gasteiger partial charge in [-0.25, -0.2) is 5.43 Å². The number of nitrogens with one attached hydrogen (secondary N) is 1. The molecule has 0 aliphatic heterocycles. The van der Waals surface area contributed by atoms with Crippen LogP contribution in [0.2, 0.25) is 5.02 Å². The number of benzene rings is 3. The average Bonchev–Trinajstić information content (AvgIpc) is 2.83. The molecule has 7 nitrogen and oxygen atoms in total. The molecule has 0 bridgehead atoms. The lowest BCUT2D eigenvalue weighted by molar-refractivity contribution is 0.0722. The number of rotatable bonds is 10. The SMILES string of the molecule is CCN(CC)CC(O)COc1ccc(/C=N/NC(=O)c2ccc(O)c(Cl)c2)c2ccccc12. The fraction of sp³-hybridized carbons (Fsp3) is 0.280. The second-order valence-electron chi connectivity index (χ2n) is 7.51. The number of phenols is 1. The zero-order valence-corrected chi connectivity index (χ0v) is 19.4. The third-order valence-electron chi connectivity index (χ3n) is 5.29. The van der Waals surface area contributed by atoms with Gasteiger partial charge in [-0.3, -0.25) is 4.79 Å². The van der Waals surface area contributed by atoms with Crippen molar-refractivity contribution >= 4 is 34.5 Å². The molecule has 1 atom stereocenters. The first-order valence-electron chi connectivity index (χ1n) is 10.8. The summed E-state index contributed by atoms with van der Waals surface area (Å²) in [7, 11) is 0. The van der Waals surface area contributed by atoms with E-state index in [9.17, 15) is 15.0 Å². The van der Waals surface area contributed by atoms with E-state index in [1.165, 1.54) is 18.2 Å². The number of amides is 1. The monoisotopic (exact) mass is 469 g/mol. The molecule has 174 valence electrons. The molecule has 0 aromatic heterocycles. The third-order valence-corrected chi connectivity index (χ3v) is 5.59. The topological polar surface area (TPSA) is 94.4 Å². The summed E-state index contributed by atoms with van der Waals surface area (Å²) in [6.45, 7) is 6.63. The normalized spacial score (nSPS) is 12.4. The predicted molar refractivity (Wildman–Crippen MR) is 131 cm³/mol. The molecule has 0 saturated carbocycles. The van der Waals surface area contributed by atoms with Crippen molar-refractivity contribution in [2.24, 2.45) is 5.10 Å². The van der Waals surface area contributed by atoms with Gasteiger partial charge in [0.25, 0.3) is 5.91 Å². The molecule has 3 rings (SSSR count). The fourth-order valence-electron chi connectivity index (χ4n) is 3.42. The molecule has 1 unspecified atom stereocenters. The van der Waals surface area contributed by atoms with E-state index in [-0.39, 0.29) is 22.9 Å². The molecule has 0 spiro atoms. The van der Waals surface area contributed by atoms with Crippen LogP contribution in [-0.4, -0.2) is 59.6 Å². The maximum atomic E-state index is 12.3. The number of carbonyl (C=O) groups is 1. The van der Waals surface area contributed by atoms with Crippen molar-refractivity contribution < 1.29 is 19.7 Å². The Labute approximate surface area is 198 Å². The quantitative estimate of drug-likeness (QED) is 0.307. The van der Waals surface area contributed by atoms with Gasteiger partial charge in [0.2, 0.25) is 0 Å². The van der Waals surface area contributed by atoms with Crippen molar-refractivity contribution in [3.05, 3.63) is 70.7 Å². The molecule has 33 heavy (non-hydrogen) atoms. The van der Waals surface area contributed by atoms with E-state index < -0.39 is 12.0 Å². The highest BCUT2D eigenvalue weighted by molar-refractivity contribution is 6.32. The Morgan fingerprint density at radius 3 is 2.58 bits per heavy atom. The zero-order chi connectivity index (χ0) is 23.8. The Bertz CT molecular complexity index is 1130. The van der Waals surface area contributed by atoms with Crippen molar-refractivity contribution in [3.8, 4) is 11.5 Å². The predicted octanol–water partition coefficient (Wildman–Crippen LogP) is 4.04. The van der Waals surface area contributed by atoms with Crippen molar-refractivity contribution in [1.82, 2.24) is 10.3 Å². The number of aliphatic hydroxyl groups excluding tert-OH is 1. The van der Waals surface area contributed by atoms with Crippen LogP contribution in [0.4, 0.5) is 0 Å². The summed E-state index contributed by atoms with van der Waals surface area (Å²) in [5, 5.41) is 25.7. The lowest BCUT2D eigenvalue weighted by Gasteiger charge is -2.22. The lowest BCUT2D eigenvalue weighted by atomic mass is 10.0. The highest BCUT2D eigenvalue weighted by Gasteiger charge is 2.12. The molecule has 3 aromatic rings. The van der Waals surface area contributed by atoms with E-state index in [1.807, 2.05) is 36.4 Å². The molecule has 1 amide bonds. The van der Waals surface area contributed by atoms with Crippen LogP contribution in [0, 0.1) is 0 Å². The number of halogens is 1. The van der Waals surface area contributed by atoms with Gasteiger partial charge in [0.1, 0.15) is 24.2 Å². The second kappa shape index (κ2) is 11.7. The maximum absolute atomic E-state index is 12.3. The van der Waals surface area contributed by atoms with Crippen molar-refractivity contribution in [3.63, 3.8) is 0 Å².